The van der Waals surface area contributed by atoms with E-state index in [4.69, 9.17) is 9.73 Å². The van der Waals surface area contributed by atoms with Gasteiger partial charge in [-0.2, -0.15) is 0 Å². The molecule has 2 aromatic carbocycles. The third kappa shape index (κ3) is 5.35. The molecule has 1 aliphatic rings. The van der Waals surface area contributed by atoms with Crippen LogP contribution in [-0.4, -0.2) is 30.1 Å². The number of ether oxygens (including phenoxy) is 1. The highest BCUT2D eigenvalue weighted by Crippen LogP contribution is 2.31. The molecule has 1 N–H and O–H groups in total. The average Bonchev–Trinajstić information content (AvgIpc) is 2.66. The maximum absolute atomic E-state index is 13.1. The van der Waals surface area contributed by atoms with Crippen molar-refractivity contribution in [3.05, 3.63) is 59.2 Å². The number of amides is 1. The van der Waals surface area contributed by atoms with Crippen molar-refractivity contribution >= 4 is 23.1 Å². The van der Waals surface area contributed by atoms with E-state index in [0.717, 1.165) is 23.4 Å². The largest absolute Gasteiger partial charge is 0.497 e. The van der Waals surface area contributed by atoms with Gasteiger partial charge in [-0.15, -0.1) is 0 Å². The molecule has 30 heavy (non-hydrogen) atoms. The molecule has 0 saturated heterocycles. The predicted octanol–water partition coefficient (Wildman–Crippen LogP) is 5.08. The van der Waals surface area contributed by atoms with Crippen LogP contribution in [0.15, 0.2) is 47.5 Å². The number of carbonyl (C=O) groups is 2. The average molecular weight is 407 g/mol. The number of fused-ring (bicyclic) bond motifs is 1. The number of hydrogen-bond acceptors (Lipinski definition) is 4. The third-order valence-electron chi connectivity index (χ3n) is 5.08. The molecule has 5 nitrogen and oxygen atoms in total. The van der Waals surface area contributed by atoms with Crippen LogP contribution >= 0.6 is 0 Å². The summed E-state index contributed by atoms with van der Waals surface area (Å²) < 4.78 is 5.37. The summed E-state index contributed by atoms with van der Waals surface area (Å²) in [7, 11) is 1.63. The summed E-state index contributed by atoms with van der Waals surface area (Å²) in [6.07, 6.45) is 1.47. The lowest BCUT2D eigenvalue weighted by atomic mass is 9.85. The molecule has 0 bridgehead atoms. The second kappa shape index (κ2) is 8.82. The summed E-state index contributed by atoms with van der Waals surface area (Å²) in [5, 5.41) is 2.88. The van der Waals surface area contributed by atoms with E-state index in [2.05, 4.69) is 25.2 Å². The highest BCUT2D eigenvalue weighted by molar-refractivity contribution is 6.17. The van der Waals surface area contributed by atoms with Crippen molar-refractivity contribution in [3.63, 3.8) is 0 Å². The van der Waals surface area contributed by atoms with Crippen LogP contribution in [0.3, 0.4) is 0 Å². The van der Waals surface area contributed by atoms with Gasteiger partial charge in [0.2, 0.25) is 5.91 Å². The number of aliphatic imine (C=N–C) groups is 1. The fourth-order valence-electron chi connectivity index (χ4n) is 3.78. The summed E-state index contributed by atoms with van der Waals surface area (Å²) >= 11 is 0. The van der Waals surface area contributed by atoms with E-state index in [9.17, 15) is 9.59 Å². The van der Waals surface area contributed by atoms with E-state index < -0.39 is 0 Å². The molecule has 0 unspecified atom stereocenters. The maximum Gasteiger partial charge on any atom is 0.224 e. The van der Waals surface area contributed by atoms with Gasteiger partial charge in [-0.1, -0.05) is 32.0 Å². The maximum atomic E-state index is 13.1. The number of nitrogens with zero attached hydrogens (tertiary/aromatic N) is 1. The minimum absolute atomic E-state index is 0.0276. The Kier molecular flexibility index (Phi) is 6.40. The van der Waals surface area contributed by atoms with Gasteiger partial charge in [-0.05, 0) is 56.0 Å². The Labute approximate surface area is 178 Å². The van der Waals surface area contributed by atoms with Crippen molar-refractivity contribution < 1.29 is 14.3 Å². The second-order valence-corrected chi connectivity index (χ2v) is 8.90. The van der Waals surface area contributed by atoms with Crippen LogP contribution in [0.5, 0.6) is 5.75 Å². The molecular formula is C25H30N2O3. The molecule has 0 radical (unpaired) electrons. The summed E-state index contributed by atoms with van der Waals surface area (Å²) in [4.78, 5) is 30.0. The minimum Gasteiger partial charge on any atom is -0.497 e. The lowest BCUT2D eigenvalue weighted by molar-refractivity contribution is -0.116. The molecule has 0 spiro atoms. The number of nitrogens with one attached hydrogen (secondary N) is 1. The number of ketones is 1. The molecule has 0 aromatic heterocycles. The Morgan fingerprint density at radius 2 is 1.93 bits per heavy atom. The first kappa shape index (κ1) is 21.8. The molecule has 158 valence electrons. The lowest BCUT2D eigenvalue weighted by Crippen LogP contribution is -2.30. The Hall–Kier alpha value is -2.95. The number of Topliss-reactive ketones (excluding diaryl/α,β-unsaturated/α-hetero) is 1. The van der Waals surface area contributed by atoms with Gasteiger partial charge in [0, 0.05) is 23.2 Å². The van der Waals surface area contributed by atoms with Gasteiger partial charge in [0.1, 0.15) is 5.75 Å². The first-order valence-corrected chi connectivity index (χ1v) is 10.4. The van der Waals surface area contributed by atoms with E-state index in [1.165, 1.54) is 5.56 Å². The molecule has 1 amide bonds. The van der Waals surface area contributed by atoms with E-state index in [1.54, 1.807) is 31.4 Å². The summed E-state index contributed by atoms with van der Waals surface area (Å²) in [6, 6.07) is 13.1. The van der Waals surface area contributed by atoms with Crippen molar-refractivity contribution in [1.82, 2.24) is 0 Å². The van der Waals surface area contributed by atoms with Crippen LogP contribution in [0.1, 0.15) is 62.0 Å². The monoisotopic (exact) mass is 406 g/mol. The SMILES string of the molecule is COc1ccc2c(c1)C(CC(=O)c1cccc(NC(=O)CC(C)C)c1)=NC(C)(C)C2. The molecule has 2 aromatic rings. The van der Waals surface area contributed by atoms with E-state index in [-0.39, 0.29) is 29.6 Å². The first-order valence-electron chi connectivity index (χ1n) is 10.4. The molecule has 0 fully saturated rings. The molecule has 0 aliphatic carbocycles. The number of rotatable bonds is 7. The molecule has 5 heteroatoms. The van der Waals surface area contributed by atoms with Crippen LogP contribution in [-0.2, 0) is 11.2 Å². The van der Waals surface area contributed by atoms with Crippen molar-refractivity contribution in [2.75, 3.05) is 12.4 Å². The number of benzene rings is 2. The van der Waals surface area contributed by atoms with Crippen LogP contribution in [0, 0.1) is 5.92 Å². The molecule has 0 atom stereocenters. The summed E-state index contributed by atoms with van der Waals surface area (Å²) in [6.45, 7) is 8.16. The molecule has 1 heterocycles. The second-order valence-electron chi connectivity index (χ2n) is 8.90. The van der Waals surface area contributed by atoms with Gasteiger partial charge in [-0.3, -0.25) is 14.6 Å². The third-order valence-corrected chi connectivity index (χ3v) is 5.08. The Bertz CT molecular complexity index is 990. The van der Waals surface area contributed by atoms with Gasteiger partial charge in [0.15, 0.2) is 5.78 Å². The van der Waals surface area contributed by atoms with Gasteiger partial charge < -0.3 is 10.1 Å². The van der Waals surface area contributed by atoms with Gasteiger partial charge in [0.05, 0.1) is 24.8 Å². The van der Waals surface area contributed by atoms with Crippen LogP contribution in [0.4, 0.5) is 5.69 Å². The molecule has 3 rings (SSSR count). The van der Waals surface area contributed by atoms with Crippen molar-refractivity contribution in [1.29, 1.82) is 0 Å². The van der Waals surface area contributed by atoms with E-state index >= 15 is 0 Å². The minimum atomic E-state index is -0.260. The Morgan fingerprint density at radius 3 is 2.63 bits per heavy atom. The topological polar surface area (TPSA) is 67.8 Å². The van der Waals surface area contributed by atoms with Gasteiger partial charge in [0.25, 0.3) is 0 Å². The van der Waals surface area contributed by atoms with Crippen molar-refractivity contribution in [2.24, 2.45) is 10.9 Å². The fraction of sp³-hybridized carbons (Fsp3) is 0.400. The molecule has 1 aliphatic heterocycles. The standard InChI is InChI=1S/C25H30N2O3/c1-16(2)11-24(29)26-19-8-6-7-17(12-19)23(28)14-22-21-13-20(30-5)10-9-18(21)15-25(3,4)27-22/h6-10,12-13,16H,11,14-15H2,1-5H3,(H,26,29). The highest BCUT2D eigenvalue weighted by Gasteiger charge is 2.28. The quantitative estimate of drug-likeness (QED) is 0.652. The number of methoxy groups -OCH3 is 1. The van der Waals surface area contributed by atoms with Crippen molar-refractivity contribution in [2.45, 2.75) is 52.5 Å². The van der Waals surface area contributed by atoms with E-state index in [0.29, 0.717) is 17.7 Å². The normalized spacial score (nSPS) is 14.7. The summed E-state index contributed by atoms with van der Waals surface area (Å²) in [5.41, 5.74) is 3.87. The molecular weight excluding hydrogens is 376 g/mol. The predicted molar refractivity (Wildman–Crippen MR) is 121 cm³/mol. The van der Waals surface area contributed by atoms with Crippen LogP contribution < -0.4 is 10.1 Å². The number of anilines is 1. The van der Waals surface area contributed by atoms with Gasteiger partial charge >= 0.3 is 0 Å². The first-order chi connectivity index (χ1) is 14.2. The van der Waals surface area contributed by atoms with Crippen molar-refractivity contribution in [3.8, 4) is 5.75 Å². The van der Waals surface area contributed by atoms with Crippen LogP contribution in [0.2, 0.25) is 0 Å². The fourth-order valence-corrected chi connectivity index (χ4v) is 3.78. The number of hydrogen-bond donors (Lipinski definition) is 1. The van der Waals surface area contributed by atoms with E-state index in [1.807, 2.05) is 26.0 Å². The zero-order valence-corrected chi connectivity index (χ0v) is 18.4. The number of carbonyl (C=O) groups excluding carboxylic acids is 2. The van der Waals surface area contributed by atoms with Gasteiger partial charge in [-0.25, -0.2) is 0 Å². The van der Waals surface area contributed by atoms with Crippen LogP contribution in [0.25, 0.3) is 0 Å². The smallest absolute Gasteiger partial charge is 0.224 e. The zero-order chi connectivity index (χ0) is 21.9. The lowest BCUT2D eigenvalue weighted by Gasteiger charge is -2.29. The Morgan fingerprint density at radius 1 is 1.17 bits per heavy atom. The Balaban J connectivity index is 1.83. The molecule has 0 saturated carbocycles. The summed E-state index contributed by atoms with van der Waals surface area (Å²) in [5.74, 6) is 0.956. The zero-order valence-electron chi connectivity index (χ0n) is 18.4. The highest BCUT2D eigenvalue weighted by atomic mass is 16.5.